The minimum Gasteiger partial charge on any atom is -0.399 e. The SMILES string of the molecule is CN(C)C(=O)Cc1csc(-c2ccc(N)cc2)n1. The third-order valence-electron chi connectivity index (χ3n) is 2.54. The second-order valence-electron chi connectivity index (χ2n) is 4.23. The van der Waals surface area contributed by atoms with Gasteiger partial charge in [0.1, 0.15) is 5.01 Å². The van der Waals surface area contributed by atoms with Crippen LogP contribution in [0.5, 0.6) is 0 Å². The number of hydrogen-bond donors (Lipinski definition) is 1. The number of aromatic nitrogens is 1. The summed E-state index contributed by atoms with van der Waals surface area (Å²) >= 11 is 1.54. The van der Waals surface area contributed by atoms with E-state index in [2.05, 4.69) is 4.98 Å². The summed E-state index contributed by atoms with van der Waals surface area (Å²) in [5.41, 5.74) is 8.21. The highest BCUT2D eigenvalue weighted by molar-refractivity contribution is 7.13. The number of anilines is 1. The van der Waals surface area contributed by atoms with Crippen molar-refractivity contribution in [2.24, 2.45) is 0 Å². The van der Waals surface area contributed by atoms with Gasteiger partial charge in [-0.2, -0.15) is 0 Å². The molecule has 5 heteroatoms. The molecule has 0 atom stereocenters. The summed E-state index contributed by atoms with van der Waals surface area (Å²) < 4.78 is 0. The normalized spacial score (nSPS) is 10.3. The molecule has 0 spiro atoms. The lowest BCUT2D eigenvalue weighted by molar-refractivity contribution is -0.128. The first kappa shape index (κ1) is 12.6. The summed E-state index contributed by atoms with van der Waals surface area (Å²) in [5.74, 6) is 0.0594. The standard InChI is InChI=1S/C13H15N3OS/c1-16(2)12(17)7-11-8-18-13(15-11)9-3-5-10(14)6-4-9/h3-6,8H,7,14H2,1-2H3. The van der Waals surface area contributed by atoms with Crippen molar-refractivity contribution < 1.29 is 4.79 Å². The smallest absolute Gasteiger partial charge is 0.228 e. The Morgan fingerprint density at radius 1 is 1.33 bits per heavy atom. The van der Waals surface area contributed by atoms with Crippen LogP contribution in [-0.4, -0.2) is 29.9 Å². The van der Waals surface area contributed by atoms with Crippen LogP contribution >= 0.6 is 11.3 Å². The van der Waals surface area contributed by atoms with Gasteiger partial charge in [-0.05, 0) is 24.3 Å². The van der Waals surface area contributed by atoms with Crippen LogP contribution < -0.4 is 5.73 Å². The first-order chi connectivity index (χ1) is 8.56. The lowest BCUT2D eigenvalue weighted by atomic mass is 10.2. The summed E-state index contributed by atoms with van der Waals surface area (Å²) in [6.07, 6.45) is 0.346. The van der Waals surface area contributed by atoms with Gasteiger partial charge < -0.3 is 10.6 Å². The van der Waals surface area contributed by atoms with Crippen LogP contribution in [0.15, 0.2) is 29.6 Å². The minimum atomic E-state index is 0.0594. The Morgan fingerprint density at radius 2 is 2.00 bits per heavy atom. The van der Waals surface area contributed by atoms with Crippen molar-refractivity contribution in [2.75, 3.05) is 19.8 Å². The van der Waals surface area contributed by atoms with Crippen molar-refractivity contribution in [3.8, 4) is 10.6 Å². The molecule has 0 aliphatic rings. The molecule has 1 aromatic heterocycles. The molecule has 2 aromatic rings. The van der Waals surface area contributed by atoms with E-state index in [9.17, 15) is 4.79 Å². The quantitative estimate of drug-likeness (QED) is 0.860. The van der Waals surface area contributed by atoms with Crippen molar-refractivity contribution >= 4 is 22.9 Å². The van der Waals surface area contributed by atoms with E-state index < -0.39 is 0 Å². The van der Waals surface area contributed by atoms with Crippen molar-refractivity contribution in [1.29, 1.82) is 0 Å². The second kappa shape index (κ2) is 5.18. The van der Waals surface area contributed by atoms with Crippen molar-refractivity contribution in [1.82, 2.24) is 9.88 Å². The van der Waals surface area contributed by atoms with E-state index in [1.807, 2.05) is 29.6 Å². The predicted molar refractivity (Wildman–Crippen MR) is 74.4 cm³/mol. The van der Waals surface area contributed by atoms with Gasteiger partial charge in [-0.3, -0.25) is 4.79 Å². The number of hydrogen-bond acceptors (Lipinski definition) is 4. The van der Waals surface area contributed by atoms with Gasteiger partial charge in [-0.25, -0.2) is 4.98 Å². The van der Waals surface area contributed by atoms with Gasteiger partial charge in [0.15, 0.2) is 0 Å². The van der Waals surface area contributed by atoms with Gasteiger partial charge in [0, 0.05) is 30.7 Å². The number of benzene rings is 1. The molecule has 1 amide bonds. The number of thiazole rings is 1. The van der Waals surface area contributed by atoms with Gasteiger partial charge >= 0.3 is 0 Å². The Bertz CT molecular complexity index is 546. The van der Waals surface area contributed by atoms with E-state index in [-0.39, 0.29) is 5.91 Å². The topological polar surface area (TPSA) is 59.2 Å². The maximum atomic E-state index is 11.6. The van der Waals surface area contributed by atoms with E-state index in [0.717, 1.165) is 22.0 Å². The zero-order chi connectivity index (χ0) is 13.1. The average molecular weight is 261 g/mol. The van der Waals surface area contributed by atoms with Crippen molar-refractivity contribution in [3.63, 3.8) is 0 Å². The lowest BCUT2D eigenvalue weighted by Gasteiger charge is -2.07. The van der Waals surface area contributed by atoms with Gasteiger partial charge in [0.2, 0.25) is 5.91 Å². The number of amides is 1. The zero-order valence-electron chi connectivity index (χ0n) is 10.4. The number of rotatable bonds is 3. The van der Waals surface area contributed by atoms with E-state index in [0.29, 0.717) is 6.42 Å². The highest BCUT2D eigenvalue weighted by Gasteiger charge is 2.10. The third kappa shape index (κ3) is 2.87. The van der Waals surface area contributed by atoms with Crippen LogP contribution in [0.1, 0.15) is 5.69 Å². The largest absolute Gasteiger partial charge is 0.399 e. The molecule has 94 valence electrons. The number of nitrogens with zero attached hydrogens (tertiary/aromatic N) is 2. The monoisotopic (exact) mass is 261 g/mol. The molecule has 2 rings (SSSR count). The number of likely N-dealkylation sites (N-methyl/N-ethyl adjacent to an activating group) is 1. The van der Waals surface area contributed by atoms with Gasteiger partial charge in [-0.15, -0.1) is 11.3 Å². The van der Waals surface area contributed by atoms with Crippen LogP contribution in [0, 0.1) is 0 Å². The maximum Gasteiger partial charge on any atom is 0.228 e. The summed E-state index contributed by atoms with van der Waals surface area (Å²) in [6, 6.07) is 7.57. The first-order valence-corrected chi connectivity index (χ1v) is 6.44. The maximum absolute atomic E-state index is 11.6. The van der Waals surface area contributed by atoms with Crippen molar-refractivity contribution in [3.05, 3.63) is 35.3 Å². The fourth-order valence-electron chi connectivity index (χ4n) is 1.46. The predicted octanol–water partition coefficient (Wildman–Crippen LogP) is 2.02. The van der Waals surface area contributed by atoms with E-state index in [1.54, 1.807) is 19.0 Å². The molecule has 0 saturated heterocycles. The van der Waals surface area contributed by atoms with E-state index >= 15 is 0 Å². The van der Waals surface area contributed by atoms with Gasteiger partial charge in [0.25, 0.3) is 0 Å². The molecular weight excluding hydrogens is 246 g/mol. The molecule has 0 saturated carbocycles. The number of carbonyl (C=O) groups is 1. The molecule has 1 aromatic carbocycles. The Hall–Kier alpha value is -1.88. The molecule has 18 heavy (non-hydrogen) atoms. The third-order valence-corrected chi connectivity index (χ3v) is 3.48. The van der Waals surface area contributed by atoms with Gasteiger partial charge in [-0.1, -0.05) is 0 Å². The second-order valence-corrected chi connectivity index (χ2v) is 5.09. The molecule has 2 N–H and O–H groups in total. The summed E-state index contributed by atoms with van der Waals surface area (Å²) in [7, 11) is 3.49. The first-order valence-electron chi connectivity index (χ1n) is 5.57. The number of carbonyl (C=O) groups excluding carboxylic acids is 1. The number of nitrogen functional groups attached to an aromatic ring is 1. The molecular formula is C13H15N3OS. The Labute approximate surface area is 110 Å². The molecule has 0 bridgehead atoms. The molecule has 0 aliphatic carbocycles. The van der Waals surface area contributed by atoms with Crippen LogP contribution in [0.2, 0.25) is 0 Å². The lowest BCUT2D eigenvalue weighted by Crippen LogP contribution is -2.23. The van der Waals surface area contributed by atoms with Crippen LogP contribution in [0.3, 0.4) is 0 Å². The Kier molecular flexibility index (Phi) is 3.62. The molecule has 0 fully saturated rings. The fourth-order valence-corrected chi connectivity index (χ4v) is 2.29. The highest BCUT2D eigenvalue weighted by Crippen LogP contribution is 2.24. The van der Waals surface area contributed by atoms with Crippen LogP contribution in [-0.2, 0) is 11.2 Å². The minimum absolute atomic E-state index is 0.0594. The fraction of sp³-hybridized carbons (Fsp3) is 0.231. The van der Waals surface area contributed by atoms with Crippen LogP contribution in [0.25, 0.3) is 10.6 Å². The average Bonchev–Trinajstić information content (AvgIpc) is 2.78. The summed E-state index contributed by atoms with van der Waals surface area (Å²) in [4.78, 5) is 17.6. The van der Waals surface area contributed by atoms with Crippen LogP contribution in [0.4, 0.5) is 5.69 Å². The molecule has 1 heterocycles. The highest BCUT2D eigenvalue weighted by atomic mass is 32.1. The van der Waals surface area contributed by atoms with Crippen molar-refractivity contribution in [2.45, 2.75) is 6.42 Å². The Balaban J connectivity index is 2.15. The Morgan fingerprint density at radius 3 is 2.61 bits per heavy atom. The molecule has 0 unspecified atom stereocenters. The zero-order valence-corrected chi connectivity index (χ0v) is 11.2. The summed E-state index contributed by atoms with van der Waals surface area (Å²) in [5, 5.41) is 2.84. The summed E-state index contributed by atoms with van der Waals surface area (Å²) in [6.45, 7) is 0. The molecule has 0 radical (unpaired) electrons. The molecule has 4 nitrogen and oxygen atoms in total. The number of nitrogens with two attached hydrogens (primary N) is 1. The van der Waals surface area contributed by atoms with E-state index in [1.165, 1.54) is 11.3 Å². The molecule has 0 aliphatic heterocycles. The van der Waals surface area contributed by atoms with E-state index in [4.69, 9.17) is 5.73 Å². The van der Waals surface area contributed by atoms with Gasteiger partial charge in [0.05, 0.1) is 12.1 Å².